The van der Waals surface area contributed by atoms with E-state index in [0.717, 1.165) is 24.3 Å². The number of nitrogens with zero attached hydrogens (tertiary/aromatic N) is 4. The second-order valence-corrected chi connectivity index (χ2v) is 9.92. The van der Waals surface area contributed by atoms with Gasteiger partial charge in [-0.1, -0.05) is 6.07 Å². The maximum absolute atomic E-state index is 13.6. The Morgan fingerprint density at radius 2 is 1.76 bits per heavy atom. The van der Waals surface area contributed by atoms with Gasteiger partial charge in [0.15, 0.2) is 0 Å². The Bertz CT molecular complexity index is 1260. The third-order valence-corrected chi connectivity index (χ3v) is 7.79. The highest BCUT2D eigenvalue weighted by Crippen LogP contribution is 2.30. The fourth-order valence-corrected chi connectivity index (χ4v) is 5.57. The van der Waals surface area contributed by atoms with Gasteiger partial charge in [-0.2, -0.15) is 8.70 Å². The first kappa shape index (κ1) is 23.7. The number of anilines is 1. The third-order valence-electron chi connectivity index (χ3n) is 5.90. The summed E-state index contributed by atoms with van der Waals surface area (Å²) in [4.78, 5) is 38.1. The lowest BCUT2D eigenvalue weighted by molar-refractivity contribution is -0.387. The van der Waals surface area contributed by atoms with E-state index in [1.54, 1.807) is 0 Å². The minimum absolute atomic E-state index is 0.0130. The average molecular weight is 494 g/mol. The van der Waals surface area contributed by atoms with E-state index in [9.17, 15) is 36.9 Å². The lowest BCUT2D eigenvalue weighted by Gasteiger charge is -2.35. The van der Waals surface area contributed by atoms with Crippen molar-refractivity contribution in [2.24, 2.45) is 5.92 Å². The molecule has 2 amide bonds. The lowest BCUT2D eigenvalue weighted by atomic mass is 10.1. The summed E-state index contributed by atoms with van der Waals surface area (Å²) in [6.07, 6.45) is -0.119. The van der Waals surface area contributed by atoms with Crippen molar-refractivity contribution in [3.05, 3.63) is 64.2 Å². The molecule has 0 aliphatic carbocycles. The summed E-state index contributed by atoms with van der Waals surface area (Å²) in [6, 6.07) is 7.78. The molecule has 34 heavy (non-hydrogen) atoms. The third kappa shape index (κ3) is 4.48. The second-order valence-electron chi connectivity index (χ2n) is 7.98. The molecule has 10 nitrogen and oxygen atoms in total. The number of carbonyl (C=O) groups excluding carboxylic acids is 2. The van der Waals surface area contributed by atoms with Crippen molar-refractivity contribution in [2.75, 3.05) is 37.6 Å². The van der Waals surface area contributed by atoms with Crippen molar-refractivity contribution in [2.45, 2.75) is 11.3 Å². The van der Waals surface area contributed by atoms with Gasteiger partial charge in [-0.05, 0) is 30.3 Å². The molecule has 2 aromatic rings. The highest BCUT2D eigenvalue weighted by molar-refractivity contribution is 7.89. The van der Waals surface area contributed by atoms with Crippen LogP contribution in [0.5, 0.6) is 0 Å². The molecular weight excluding hydrogens is 474 g/mol. The number of nitro groups is 1. The zero-order chi connectivity index (χ0) is 24.6. The van der Waals surface area contributed by atoms with Crippen molar-refractivity contribution in [3.8, 4) is 0 Å². The number of hydrogen-bond donors (Lipinski definition) is 0. The van der Waals surface area contributed by atoms with Crippen LogP contribution in [0, 0.1) is 27.7 Å². The number of benzene rings is 2. The zero-order valence-corrected chi connectivity index (χ0v) is 18.6. The SMILES string of the molecule is O=C(C1CC(=O)N(c2ccc(F)c([N+](=O)[O-])c2)C1)N1CCN(S(=O)(=O)c2cccc(F)c2)CC1. The van der Waals surface area contributed by atoms with Crippen LogP contribution in [0.4, 0.5) is 20.2 Å². The van der Waals surface area contributed by atoms with Gasteiger partial charge < -0.3 is 9.80 Å². The summed E-state index contributed by atoms with van der Waals surface area (Å²) in [5, 5.41) is 11.0. The van der Waals surface area contributed by atoms with Crippen molar-refractivity contribution in [1.29, 1.82) is 0 Å². The Kier molecular flexibility index (Phi) is 6.32. The van der Waals surface area contributed by atoms with E-state index in [0.29, 0.717) is 0 Å². The Morgan fingerprint density at radius 1 is 1.06 bits per heavy atom. The topological polar surface area (TPSA) is 121 Å². The number of sulfonamides is 1. The number of hydrogen-bond acceptors (Lipinski definition) is 6. The first-order valence-corrected chi connectivity index (χ1v) is 11.8. The van der Waals surface area contributed by atoms with E-state index in [2.05, 4.69) is 0 Å². The van der Waals surface area contributed by atoms with Crippen molar-refractivity contribution >= 4 is 33.2 Å². The zero-order valence-electron chi connectivity index (χ0n) is 17.8. The molecule has 4 rings (SSSR count). The number of nitro benzene ring substituents is 1. The Morgan fingerprint density at radius 3 is 2.41 bits per heavy atom. The predicted molar refractivity (Wildman–Crippen MR) is 115 cm³/mol. The molecule has 1 unspecified atom stereocenters. The molecule has 2 saturated heterocycles. The van der Waals surface area contributed by atoms with E-state index in [-0.39, 0.29) is 55.6 Å². The molecule has 1 atom stereocenters. The summed E-state index contributed by atoms with van der Waals surface area (Å²) in [5.74, 6) is -3.18. The first-order chi connectivity index (χ1) is 16.1. The summed E-state index contributed by atoms with van der Waals surface area (Å²) >= 11 is 0. The van der Waals surface area contributed by atoms with E-state index < -0.39 is 44.1 Å². The molecule has 2 aromatic carbocycles. The van der Waals surface area contributed by atoms with Gasteiger partial charge in [0.2, 0.25) is 27.7 Å². The van der Waals surface area contributed by atoms with Gasteiger partial charge >= 0.3 is 5.69 Å². The normalized spacial score (nSPS) is 19.5. The molecule has 13 heteroatoms. The van der Waals surface area contributed by atoms with Crippen LogP contribution < -0.4 is 4.90 Å². The van der Waals surface area contributed by atoms with Crippen LogP contribution in [-0.2, 0) is 19.6 Å². The van der Waals surface area contributed by atoms with Crippen LogP contribution in [0.3, 0.4) is 0 Å². The van der Waals surface area contributed by atoms with Crippen LogP contribution in [0.15, 0.2) is 47.4 Å². The Hall–Kier alpha value is -3.45. The molecule has 0 aromatic heterocycles. The smallest absolute Gasteiger partial charge is 0.306 e. The van der Waals surface area contributed by atoms with Crippen molar-refractivity contribution < 1.29 is 31.7 Å². The molecular formula is C21H20F2N4O6S. The highest BCUT2D eigenvalue weighted by atomic mass is 32.2. The molecule has 2 aliphatic heterocycles. The average Bonchev–Trinajstić information content (AvgIpc) is 3.20. The maximum Gasteiger partial charge on any atom is 0.306 e. The van der Waals surface area contributed by atoms with Crippen molar-refractivity contribution in [1.82, 2.24) is 9.21 Å². The van der Waals surface area contributed by atoms with Crippen LogP contribution in [-0.4, -0.2) is 67.1 Å². The van der Waals surface area contributed by atoms with Gasteiger partial charge in [-0.15, -0.1) is 0 Å². The maximum atomic E-state index is 13.6. The van der Waals surface area contributed by atoms with Crippen molar-refractivity contribution in [3.63, 3.8) is 0 Å². The molecule has 0 saturated carbocycles. The van der Waals surface area contributed by atoms with Gasteiger partial charge in [-0.3, -0.25) is 19.7 Å². The number of carbonyl (C=O) groups is 2. The predicted octanol–water partition coefficient (Wildman–Crippen LogP) is 1.76. The number of piperazine rings is 1. The number of rotatable bonds is 5. The Balaban J connectivity index is 1.41. The lowest BCUT2D eigenvalue weighted by Crippen LogP contribution is -2.52. The van der Waals surface area contributed by atoms with E-state index in [1.165, 1.54) is 32.3 Å². The number of halogens is 2. The summed E-state index contributed by atoms with van der Waals surface area (Å²) in [5.41, 5.74) is -0.643. The molecule has 180 valence electrons. The minimum atomic E-state index is -3.91. The van der Waals surface area contributed by atoms with Gasteiger partial charge in [0.1, 0.15) is 5.82 Å². The molecule has 0 spiro atoms. The molecule has 2 heterocycles. The molecule has 0 N–H and O–H groups in total. The molecule has 2 fully saturated rings. The second kappa shape index (κ2) is 9.06. The number of amides is 2. The largest absolute Gasteiger partial charge is 0.340 e. The van der Waals surface area contributed by atoms with Gasteiger partial charge in [0, 0.05) is 45.2 Å². The monoisotopic (exact) mass is 494 g/mol. The van der Waals surface area contributed by atoms with Crippen LogP contribution in [0.2, 0.25) is 0 Å². The van der Waals surface area contributed by atoms with Crippen LogP contribution >= 0.6 is 0 Å². The quantitative estimate of drug-likeness (QED) is 0.461. The fraction of sp³-hybridized carbons (Fsp3) is 0.333. The standard InChI is InChI=1S/C21H20F2N4O6S/c22-15-2-1-3-17(11-15)34(32,33)25-8-6-24(7-9-25)21(29)14-10-20(28)26(13-14)16-4-5-18(23)19(12-16)27(30)31/h1-5,11-12,14H,6-10,13H2. The summed E-state index contributed by atoms with van der Waals surface area (Å²) < 4.78 is 53.7. The van der Waals surface area contributed by atoms with Crippen LogP contribution in [0.25, 0.3) is 0 Å². The van der Waals surface area contributed by atoms with E-state index in [4.69, 9.17) is 0 Å². The fourth-order valence-electron chi connectivity index (χ4n) is 4.11. The molecule has 2 aliphatic rings. The first-order valence-electron chi connectivity index (χ1n) is 10.4. The van der Waals surface area contributed by atoms with E-state index in [1.807, 2.05) is 0 Å². The van der Waals surface area contributed by atoms with Crippen LogP contribution in [0.1, 0.15) is 6.42 Å². The summed E-state index contributed by atoms with van der Waals surface area (Å²) in [7, 11) is -3.91. The highest BCUT2D eigenvalue weighted by Gasteiger charge is 2.39. The minimum Gasteiger partial charge on any atom is -0.340 e. The Labute approximate surface area is 193 Å². The molecule has 0 bridgehead atoms. The van der Waals surface area contributed by atoms with Gasteiger partial charge in [0.25, 0.3) is 0 Å². The van der Waals surface area contributed by atoms with E-state index >= 15 is 0 Å². The van der Waals surface area contributed by atoms with Gasteiger partial charge in [-0.25, -0.2) is 12.8 Å². The molecule has 0 radical (unpaired) electrons. The summed E-state index contributed by atoms with van der Waals surface area (Å²) in [6.45, 7) is 0.195. The van der Waals surface area contributed by atoms with Gasteiger partial charge in [0.05, 0.1) is 21.4 Å².